The Morgan fingerprint density at radius 3 is 2.75 bits per heavy atom. The molecule has 16 heavy (non-hydrogen) atoms. The smallest absolute Gasteiger partial charge is 0.226 e. The second-order valence-corrected chi connectivity index (χ2v) is 4.68. The number of hydrogen-bond acceptors (Lipinski definition) is 2. The maximum Gasteiger partial charge on any atom is 0.226 e. The predicted molar refractivity (Wildman–Crippen MR) is 61.8 cm³/mol. The van der Waals surface area contributed by atoms with Gasteiger partial charge in [-0.05, 0) is 18.4 Å². The van der Waals surface area contributed by atoms with Gasteiger partial charge in [0.25, 0.3) is 0 Å². The van der Waals surface area contributed by atoms with Crippen LogP contribution in [0.15, 0.2) is 30.3 Å². The molecule has 1 amide bonds. The molecule has 0 aliphatic carbocycles. The third-order valence-corrected chi connectivity index (χ3v) is 3.37. The van der Waals surface area contributed by atoms with Crippen molar-refractivity contribution in [2.75, 3.05) is 6.61 Å². The third-order valence-electron chi connectivity index (χ3n) is 3.37. The molecule has 0 aromatic heterocycles. The summed E-state index contributed by atoms with van der Waals surface area (Å²) in [6.45, 7) is 1.98. The van der Waals surface area contributed by atoms with E-state index < -0.39 is 5.41 Å². The first kappa shape index (κ1) is 11.1. The van der Waals surface area contributed by atoms with Crippen molar-refractivity contribution in [2.45, 2.75) is 25.8 Å². The molecule has 0 saturated carbocycles. The quantitative estimate of drug-likeness (QED) is 0.812. The summed E-state index contributed by atoms with van der Waals surface area (Å²) in [5.41, 5.74) is 0.715. The molecule has 1 aromatic carbocycles. The number of carbonyl (C=O) groups excluding carboxylic acids is 1. The second-order valence-electron chi connectivity index (χ2n) is 4.68. The number of rotatable bonds is 3. The van der Waals surface area contributed by atoms with Gasteiger partial charge in [0.15, 0.2) is 0 Å². The van der Waals surface area contributed by atoms with Crippen LogP contribution in [0.1, 0.15) is 31.4 Å². The first-order chi connectivity index (χ1) is 7.65. The van der Waals surface area contributed by atoms with Crippen molar-refractivity contribution in [3.8, 4) is 0 Å². The summed E-state index contributed by atoms with van der Waals surface area (Å²) in [7, 11) is 0. The third kappa shape index (κ3) is 1.95. The number of benzene rings is 1. The summed E-state index contributed by atoms with van der Waals surface area (Å²) < 4.78 is 0. The summed E-state index contributed by atoms with van der Waals surface area (Å²) in [6.07, 6.45) is 1.29. The van der Waals surface area contributed by atoms with Gasteiger partial charge in [-0.2, -0.15) is 0 Å². The Kier molecular flexibility index (Phi) is 2.97. The molecule has 2 rings (SSSR count). The zero-order valence-corrected chi connectivity index (χ0v) is 9.44. The predicted octanol–water partition coefficient (Wildman–Crippen LogP) is 1.64. The van der Waals surface area contributed by atoms with Crippen LogP contribution in [0, 0.1) is 5.41 Å². The summed E-state index contributed by atoms with van der Waals surface area (Å²) >= 11 is 0. The molecule has 1 aliphatic rings. The Hall–Kier alpha value is -1.35. The van der Waals surface area contributed by atoms with Gasteiger partial charge in [0.2, 0.25) is 5.91 Å². The Bertz CT molecular complexity index is 377. The minimum Gasteiger partial charge on any atom is -0.396 e. The van der Waals surface area contributed by atoms with Gasteiger partial charge in [-0.3, -0.25) is 4.79 Å². The van der Waals surface area contributed by atoms with Gasteiger partial charge in [0, 0.05) is 6.61 Å². The van der Waals surface area contributed by atoms with Crippen LogP contribution in [0.3, 0.4) is 0 Å². The van der Waals surface area contributed by atoms with E-state index in [9.17, 15) is 4.79 Å². The van der Waals surface area contributed by atoms with Gasteiger partial charge in [0.05, 0.1) is 11.5 Å². The van der Waals surface area contributed by atoms with Crippen LogP contribution in [-0.4, -0.2) is 17.6 Å². The van der Waals surface area contributed by atoms with Crippen LogP contribution in [0.25, 0.3) is 0 Å². The molecule has 0 spiro atoms. The zero-order valence-electron chi connectivity index (χ0n) is 9.44. The molecule has 2 N–H and O–H groups in total. The van der Waals surface area contributed by atoms with E-state index in [4.69, 9.17) is 5.11 Å². The molecule has 1 fully saturated rings. The molecule has 3 heteroatoms. The SMILES string of the molecule is C[C@@]1(CCO)C[C@H](c2ccccc2)NC1=O. The first-order valence-corrected chi connectivity index (χ1v) is 5.62. The highest BCUT2D eigenvalue weighted by Crippen LogP contribution is 2.39. The lowest BCUT2D eigenvalue weighted by Gasteiger charge is -2.18. The van der Waals surface area contributed by atoms with Gasteiger partial charge >= 0.3 is 0 Å². The van der Waals surface area contributed by atoms with E-state index in [0.29, 0.717) is 6.42 Å². The van der Waals surface area contributed by atoms with Crippen LogP contribution in [0.4, 0.5) is 0 Å². The fraction of sp³-hybridized carbons (Fsp3) is 0.462. The van der Waals surface area contributed by atoms with Gasteiger partial charge < -0.3 is 10.4 Å². The molecule has 0 unspecified atom stereocenters. The topological polar surface area (TPSA) is 49.3 Å². The molecule has 1 heterocycles. The first-order valence-electron chi connectivity index (χ1n) is 5.62. The second kappa shape index (κ2) is 4.26. The molecule has 86 valence electrons. The average molecular weight is 219 g/mol. The van der Waals surface area contributed by atoms with E-state index in [1.165, 1.54) is 0 Å². The number of carbonyl (C=O) groups is 1. The molecule has 2 atom stereocenters. The highest BCUT2D eigenvalue weighted by molar-refractivity contribution is 5.85. The van der Waals surface area contributed by atoms with Crippen molar-refractivity contribution in [3.05, 3.63) is 35.9 Å². The molecule has 0 radical (unpaired) electrons. The molecule has 0 bridgehead atoms. The van der Waals surface area contributed by atoms with E-state index in [0.717, 1.165) is 12.0 Å². The highest BCUT2D eigenvalue weighted by atomic mass is 16.3. The monoisotopic (exact) mass is 219 g/mol. The van der Waals surface area contributed by atoms with E-state index in [-0.39, 0.29) is 18.6 Å². The molecular formula is C13H17NO2. The van der Waals surface area contributed by atoms with Crippen molar-refractivity contribution >= 4 is 5.91 Å². The lowest BCUT2D eigenvalue weighted by atomic mass is 9.83. The number of amides is 1. The van der Waals surface area contributed by atoms with Gasteiger partial charge in [-0.1, -0.05) is 37.3 Å². The largest absolute Gasteiger partial charge is 0.396 e. The lowest BCUT2D eigenvalue weighted by Crippen LogP contribution is -2.29. The van der Waals surface area contributed by atoms with E-state index >= 15 is 0 Å². The van der Waals surface area contributed by atoms with E-state index in [1.807, 2.05) is 37.3 Å². The van der Waals surface area contributed by atoms with Crippen molar-refractivity contribution in [2.24, 2.45) is 5.41 Å². The highest BCUT2D eigenvalue weighted by Gasteiger charge is 2.42. The van der Waals surface area contributed by atoms with Crippen LogP contribution in [-0.2, 0) is 4.79 Å². The van der Waals surface area contributed by atoms with Crippen LogP contribution >= 0.6 is 0 Å². The Morgan fingerprint density at radius 2 is 2.12 bits per heavy atom. The number of aliphatic hydroxyl groups is 1. The number of aliphatic hydroxyl groups excluding tert-OH is 1. The van der Waals surface area contributed by atoms with E-state index in [2.05, 4.69) is 5.32 Å². The summed E-state index contributed by atoms with van der Waals surface area (Å²) in [5.74, 6) is 0.0513. The molecule has 1 saturated heterocycles. The maximum absolute atomic E-state index is 11.8. The van der Waals surface area contributed by atoms with Crippen molar-refractivity contribution < 1.29 is 9.90 Å². The standard InChI is InChI=1S/C13H17NO2/c1-13(7-8-15)9-11(14-12(13)16)10-5-3-2-4-6-10/h2-6,11,15H,7-9H2,1H3,(H,14,16)/t11-,13-/m1/s1. The van der Waals surface area contributed by atoms with Gasteiger partial charge in [-0.25, -0.2) is 0 Å². The van der Waals surface area contributed by atoms with Crippen molar-refractivity contribution in [1.82, 2.24) is 5.32 Å². The van der Waals surface area contributed by atoms with Crippen LogP contribution in [0.2, 0.25) is 0 Å². The molecular weight excluding hydrogens is 202 g/mol. The maximum atomic E-state index is 11.8. The number of nitrogens with one attached hydrogen (secondary N) is 1. The molecule has 1 aromatic rings. The zero-order chi connectivity index (χ0) is 11.6. The summed E-state index contributed by atoms with van der Waals surface area (Å²) in [6, 6.07) is 10.1. The van der Waals surface area contributed by atoms with Crippen LogP contribution in [0.5, 0.6) is 0 Å². The minimum absolute atomic E-state index is 0.0513. The Morgan fingerprint density at radius 1 is 1.44 bits per heavy atom. The number of hydrogen-bond donors (Lipinski definition) is 2. The normalized spacial score (nSPS) is 29.1. The average Bonchev–Trinajstić information content (AvgIpc) is 2.57. The summed E-state index contributed by atoms with van der Waals surface area (Å²) in [4.78, 5) is 11.8. The van der Waals surface area contributed by atoms with Gasteiger partial charge in [-0.15, -0.1) is 0 Å². The Balaban J connectivity index is 2.15. The van der Waals surface area contributed by atoms with Crippen molar-refractivity contribution in [3.63, 3.8) is 0 Å². The van der Waals surface area contributed by atoms with Crippen molar-refractivity contribution in [1.29, 1.82) is 0 Å². The summed E-state index contributed by atoms with van der Waals surface area (Å²) in [5, 5.41) is 12.0. The Labute approximate surface area is 95.5 Å². The fourth-order valence-corrected chi connectivity index (χ4v) is 2.28. The van der Waals surface area contributed by atoms with Gasteiger partial charge in [0.1, 0.15) is 0 Å². The van der Waals surface area contributed by atoms with Crippen LogP contribution < -0.4 is 5.32 Å². The fourth-order valence-electron chi connectivity index (χ4n) is 2.28. The lowest BCUT2D eigenvalue weighted by molar-refractivity contribution is -0.127. The molecule has 1 aliphatic heterocycles. The minimum atomic E-state index is -0.421. The molecule has 3 nitrogen and oxygen atoms in total. The van der Waals surface area contributed by atoms with E-state index in [1.54, 1.807) is 0 Å².